The van der Waals surface area contributed by atoms with Crippen LogP contribution < -0.4 is 15.4 Å². The van der Waals surface area contributed by atoms with E-state index in [1.165, 1.54) is 6.08 Å². The molecule has 6 heteroatoms. The quantitative estimate of drug-likeness (QED) is 0.789. The van der Waals surface area contributed by atoms with Gasteiger partial charge >= 0.3 is 0 Å². The molecule has 1 atom stereocenters. The van der Waals surface area contributed by atoms with Crippen molar-refractivity contribution in [3.63, 3.8) is 0 Å². The third-order valence-corrected chi connectivity index (χ3v) is 3.91. The Labute approximate surface area is 145 Å². The second kappa shape index (κ2) is 7.70. The molecule has 0 saturated heterocycles. The summed E-state index contributed by atoms with van der Waals surface area (Å²) in [6.07, 6.45) is 5.58. The van der Waals surface area contributed by atoms with E-state index in [9.17, 15) is 9.59 Å². The zero-order chi connectivity index (χ0) is 17.6. The van der Waals surface area contributed by atoms with Gasteiger partial charge in [0.15, 0.2) is 0 Å². The van der Waals surface area contributed by atoms with Crippen molar-refractivity contribution in [2.45, 2.75) is 25.9 Å². The fourth-order valence-electron chi connectivity index (χ4n) is 2.55. The molecule has 1 aromatic carbocycles. The fraction of sp³-hybridized carbons (Fsp3) is 0.263. The van der Waals surface area contributed by atoms with Crippen molar-refractivity contribution in [2.24, 2.45) is 0 Å². The molecule has 25 heavy (non-hydrogen) atoms. The zero-order valence-electron chi connectivity index (χ0n) is 14.0. The number of nitrogens with one attached hydrogen (secondary N) is 2. The lowest BCUT2D eigenvalue weighted by atomic mass is 10.1. The van der Waals surface area contributed by atoms with Gasteiger partial charge < -0.3 is 19.8 Å². The Morgan fingerprint density at radius 3 is 3.00 bits per heavy atom. The van der Waals surface area contributed by atoms with Gasteiger partial charge in [0.05, 0.1) is 19.4 Å². The predicted octanol–water partition coefficient (Wildman–Crippen LogP) is 2.05. The monoisotopic (exact) mass is 340 g/mol. The van der Waals surface area contributed by atoms with Gasteiger partial charge in [0.1, 0.15) is 17.6 Å². The number of fused-ring (bicyclic) bond motifs is 1. The zero-order valence-corrected chi connectivity index (χ0v) is 14.0. The summed E-state index contributed by atoms with van der Waals surface area (Å²) in [6.45, 7) is 2.63. The number of rotatable bonds is 6. The maximum Gasteiger partial charge on any atom is 0.244 e. The largest absolute Gasteiger partial charge is 0.493 e. The Balaban J connectivity index is 1.48. The van der Waals surface area contributed by atoms with Crippen LogP contribution in [0.2, 0.25) is 0 Å². The van der Waals surface area contributed by atoms with E-state index in [-0.39, 0.29) is 11.8 Å². The van der Waals surface area contributed by atoms with Crippen LogP contribution in [0.4, 0.5) is 0 Å². The van der Waals surface area contributed by atoms with E-state index >= 15 is 0 Å². The summed E-state index contributed by atoms with van der Waals surface area (Å²) in [5.41, 5.74) is 2.07. The second-order valence-electron chi connectivity index (χ2n) is 5.83. The molecule has 0 radical (unpaired) electrons. The predicted molar refractivity (Wildman–Crippen MR) is 92.8 cm³/mol. The lowest BCUT2D eigenvalue weighted by molar-refractivity contribution is -0.126. The number of hydrogen-bond donors (Lipinski definition) is 2. The standard InChI is InChI=1S/C19H20N2O4/c1-13(19(23)20-12-16-3-2-9-24-16)21-18(22)7-5-14-4-6-17-15(11-14)8-10-25-17/h2-7,9,11,13H,8,10,12H2,1H3,(H,20,23)(H,21,22)/b7-5-/t13-/m0/s1. The van der Waals surface area contributed by atoms with E-state index in [1.807, 2.05) is 18.2 Å². The normalized spacial score (nSPS) is 14.0. The summed E-state index contributed by atoms with van der Waals surface area (Å²) < 4.78 is 10.6. The summed E-state index contributed by atoms with van der Waals surface area (Å²) in [5, 5.41) is 5.35. The smallest absolute Gasteiger partial charge is 0.244 e. The minimum atomic E-state index is -0.638. The van der Waals surface area contributed by atoms with Gasteiger partial charge in [0, 0.05) is 12.5 Å². The highest BCUT2D eigenvalue weighted by atomic mass is 16.5. The maximum absolute atomic E-state index is 12.0. The first-order valence-electron chi connectivity index (χ1n) is 8.16. The first kappa shape index (κ1) is 16.8. The highest BCUT2D eigenvalue weighted by Gasteiger charge is 2.14. The molecule has 0 unspecified atom stereocenters. The van der Waals surface area contributed by atoms with Gasteiger partial charge in [0.25, 0.3) is 0 Å². The lowest BCUT2D eigenvalue weighted by Crippen LogP contribution is -2.44. The summed E-state index contributed by atoms with van der Waals surface area (Å²) in [4.78, 5) is 23.9. The van der Waals surface area contributed by atoms with Crippen molar-refractivity contribution in [3.8, 4) is 5.75 Å². The minimum absolute atomic E-state index is 0.271. The van der Waals surface area contributed by atoms with Crippen LogP contribution >= 0.6 is 0 Å². The Morgan fingerprint density at radius 2 is 2.20 bits per heavy atom. The van der Waals surface area contributed by atoms with Crippen molar-refractivity contribution >= 4 is 17.9 Å². The second-order valence-corrected chi connectivity index (χ2v) is 5.83. The molecule has 0 bridgehead atoms. The molecule has 0 fully saturated rings. The first-order valence-corrected chi connectivity index (χ1v) is 8.16. The number of carbonyl (C=O) groups is 2. The van der Waals surface area contributed by atoms with Gasteiger partial charge in [-0.15, -0.1) is 0 Å². The molecular formula is C19H20N2O4. The van der Waals surface area contributed by atoms with Crippen molar-refractivity contribution in [2.75, 3.05) is 6.61 Å². The van der Waals surface area contributed by atoms with Crippen molar-refractivity contribution in [1.29, 1.82) is 0 Å². The number of furan rings is 1. The fourth-order valence-corrected chi connectivity index (χ4v) is 2.55. The molecule has 0 spiro atoms. The van der Waals surface area contributed by atoms with Crippen LogP contribution in [0.3, 0.4) is 0 Å². The Hall–Kier alpha value is -3.02. The van der Waals surface area contributed by atoms with Gasteiger partial charge in [-0.05, 0) is 48.4 Å². The summed E-state index contributed by atoms with van der Waals surface area (Å²) in [6, 6.07) is 8.70. The SMILES string of the molecule is C[C@H](NC(=O)/C=C\c1ccc2c(c1)CCO2)C(=O)NCc1ccco1. The molecule has 1 aliphatic heterocycles. The van der Waals surface area contributed by atoms with Crippen LogP contribution in [-0.4, -0.2) is 24.5 Å². The molecule has 6 nitrogen and oxygen atoms in total. The van der Waals surface area contributed by atoms with E-state index in [4.69, 9.17) is 9.15 Å². The van der Waals surface area contributed by atoms with Crippen LogP contribution in [0.1, 0.15) is 23.8 Å². The molecule has 1 aromatic heterocycles. The van der Waals surface area contributed by atoms with Gasteiger partial charge in [-0.25, -0.2) is 0 Å². The molecule has 2 amide bonds. The number of amides is 2. The molecular weight excluding hydrogens is 320 g/mol. The molecule has 1 aliphatic rings. The number of ether oxygens (including phenoxy) is 1. The number of hydrogen-bond acceptors (Lipinski definition) is 4. The van der Waals surface area contributed by atoms with Crippen molar-refractivity contribution in [1.82, 2.24) is 10.6 Å². The van der Waals surface area contributed by atoms with Gasteiger partial charge in [-0.1, -0.05) is 6.07 Å². The average Bonchev–Trinajstić information content (AvgIpc) is 3.28. The van der Waals surface area contributed by atoms with E-state index < -0.39 is 6.04 Å². The van der Waals surface area contributed by atoms with E-state index in [0.717, 1.165) is 23.3 Å². The Morgan fingerprint density at radius 1 is 1.32 bits per heavy atom. The van der Waals surface area contributed by atoms with Crippen LogP contribution in [0.5, 0.6) is 5.75 Å². The molecule has 2 heterocycles. The van der Waals surface area contributed by atoms with E-state index in [0.29, 0.717) is 18.9 Å². The highest BCUT2D eigenvalue weighted by molar-refractivity contribution is 5.95. The van der Waals surface area contributed by atoms with Gasteiger partial charge in [-0.2, -0.15) is 0 Å². The van der Waals surface area contributed by atoms with Gasteiger partial charge in [0.2, 0.25) is 11.8 Å². The van der Waals surface area contributed by atoms with Crippen LogP contribution in [0.25, 0.3) is 6.08 Å². The van der Waals surface area contributed by atoms with Crippen LogP contribution in [-0.2, 0) is 22.6 Å². The van der Waals surface area contributed by atoms with E-state index in [1.54, 1.807) is 31.4 Å². The Kier molecular flexibility index (Phi) is 5.18. The van der Waals surface area contributed by atoms with Gasteiger partial charge in [-0.3, -0.25) is 9.59 Å². The first-order chi connectivity index (χ1) is 12.1. The van der Waals surface area contributed by atoms with Crippen molar-refractivity contribution in [3.05, 3.63) is 59.6 Å². The highest BCUT2D eigenvalue weighted by Crippen LogP contribution is 2.26. The molecule has 0 aliphatic carbocycles. The van der Waals surface area contributed by atoms with Crippen molar-refractivity contribution < 1.29 is 18.7 Å². The topological polar surface area (TPSA) is 80.6 Å². The maximum atomic E-state index is 12.0. The number of carbonyl (C=O) groups excluding carboxylic acids is 2. The molecule has 0 saturated carbocycles. The number of benzene rings is 1. The molecule has 3 rings (SSSR count). The molecule has 2 N–H and O–H groups in total. The summed E-state index contributed by atoms with van der Waals surface area (Å²) in [7, 11) is 0. The Bertz CT molecular complexity index is 781. The van der Waals surface area contributed by atoms with E-state index in [2.05, 4.69) is 10.6 Å². The lowest BCUT2D eigenvalue weighted by Gasteiger charge is -2.12. The molecule has 130 valence electrons. The van der Waals surface area contributed by atoms with Crippen LogP contribution in [0.15, 0.2) is 47.1 Å². The third-order valence-electron chi connectivity index (χ3n) is 3.91. The van der Waals surface area contributed by atoms with Crippen LogP contribution in [0, 0.1) is 0 Å². The summed E-state index contributed by atoms with van der Waals surface area (Å²) >= 11 is 0. The molecule has 2 aromatic rings. The summed E-state index contributed by atoms with van der Waals surface area (Å²) in [5.74, 6) is 0.973. The third kappa shape index (κ3) is 4.50. The minimum Gasteiger partial charge on any atom is -0.493 e. The average molecular weight is 340 g/mol.